The molecule has 0 unspecified atom stereocenters. The van der Waals surface area contributed by atoms with Gasteiger partial charge in [0.1, 0.15) is 0 Å². The van der Waals surface area contributed by atoms with Gasteiger partial charge in [-0.05, 0) is 60.1 Å². The molecule has 2 aliphatic carbocycles. The van der Waals surface area contributed by atoms with Gasteiger partial charge in [-0.1, -0.05) is 24.3 Å². The number of nitrogens with zero attached hydrogens (tertiary/aromatic N) is 1. The van der Waals surface area contributed by atoms with Crippen molar-refractivity contribution in [3.63, 3.8) is 0 Å². The van der Waals surface area contributed by atoms with Gasteiger partial charge in [0.15, 0.2) is 0 Å². The Morgan fingerprint density at radius 3 is 2.23 bits per heavy atom. The summed E-state index contributed by atoms with van der Waals surface area (Å²) in [5.74, 6) is -2.16. The number of anilines is 1. The first-order valence-electron chi connectivity index (χ1n) is 8.81. The van der Waals surface area contributed by atoms with E-state index in [9.17, 15) is 14.7 Å². The molecular formula is C21H20N2O3. The Morgan fingerprint density at radius 1 is 0.962 bits per heavy atom. The molecule has 132 valence electrons. The average molecular weight is 348 g/mol. The molecule has 0 aliphatic heterocycles. The SMILES string of the molecule is O=C(O)[C@@H]1[C@@H](C(=O)Nc2ccc(Cc3ccncc3)cc2)[C@H]2C=C[C@@H]1C2. The normalized spacial score (nSPS) is 26.0. The smallest absolute Gasteiger partial charge is 0.307 e. The van der Waals surface area contributed by atoms with Gasteiger partial charge in [-0.3, -0.25) is 14.6 Å². The third kappa shape index (κ3) is 3.12. The molecule has 1 amide bonds. The number of amides is 1. The largest absolute Gasteiger partial charge is 0.481 e. The lowest BCUT2D eigenvalue weighted by Gasteiger charge is -2.23. The quantitative estimate of drug-likeness (QED) is 0.814. The summed E-state index contributed by atoms with van der Waals surface area (Å²) in [6.07, 6.45) is 9.04. The lowest BCUT2D eigenvalue weighted by molar-refractivity contribution is -0.146. The van der Waals surface area contributed by atoms with E-state index in [1.807, 2.05) is 48.6 Å². The number of carbonyl (C=O) groups excluding carboxylic acids is 1. The minimum atomic E-state index is -0.880. The molecule has 1 fully saturated rings. The zero-order valence-electron chi connectivity index (χ0n) is 14.2. The van der Waals surface area contributed by atoms with Crippen LogP contribution in [-0.2, 0) is 16.0 Å². The first-order valence-corrected chi connectivity index (χ1v) is 8.81. The topological polar surface area (TPSA) is 79.3 Å². The summed E-state index contributed by atoms with van der Waals surface area (Å²) in [5.41, 5.74) is 3.01. The number of aromatic nitrogens is 1. The molecule has 1 saturated carbocycles. The number of benzene rings is 1. The molecular weight excluding hydrogens is 328 g/mol. The number of carboxylic acids is 1. The number of aliphatic carboxylic acids is 1. The highest BCUT2D eigenvalue weighted by Crippen LogP contribution is 2.48. The fraction of sp³-hybridized carbons (Fsp3) is 0.286. The van der Waals surface area contributed by atoms with Crippen molar-refractivity contribution < 1.29 is 14.7 Å². The molecule has 5 nitrogen and oxygen atoms in total. The van der Waals surface area contributed by atoms with Crippen LogP contribution in [0.2, 0.25) is 0 Å². The van der Waals surface area contributed by atoms with E-state index in [0.29, 0.717) is 5.69 Å². The van der Waals surface area contributed by atoms with Gasteiger partial charge in [-0.2, -0.15) is 0 Å². The lowest BCUT2D eigenvalue weighted by Crippen LogP contribution is -2.36. The molecule has 1 aromatic heterocycles. The van der Waals surface area contributed by atoms with E-state index in [1.165, 1.54) is 5.56 Å². The molecule has 2 aromatic rings. The van der Waals surface area contributed by atoms with E-state index in [0.717, 1.165) is 18.4 Å². The Balaban J connectivity index is 1.43. The molecule has 2 aliphatic rings. The number of fused-ring (bicyclic) bond motifs is 2. The van der Waals surface area contributed by atoms with E-state index in [4.69, 9.17) is 0 Å². The van der Waals surface area contributed by atoms with Crippen LogP contribution in [0.25, 0.3) is 0 Å². The standard InChI is InChI=1S/C21H20N2O3/c24-20(18-15-3-4-16(12-15)19(18)21(25)26)23-17-5-1-13(2-6-17)11-14-7-9-22-10-8-14/h1-10,15-16,18-19H,11-12H2,(H,23,24)(H,25,26)/t15-,16+,18-,19-/m0/s1. The zero-order valence-corrected chi connectivity index (χ0v) is 14.2. The molecule has 4 atom stereocenters. The second-order valence-electron chi connectivity index (χ2n) is 7.06. The number of rotatable bonds is 5. The highest BCUT2D eigenvalue weighted by atomic mass is 16.4. The Morgan fingerprint density at radius 2 is 1.58 bits per heavy atom. The molecule has 26 heavy (non-hydrogen) atoms. The predicted molar refractivity (Wildman–Crippen MR) is 97.5 cm³/mol. The number of carbonyl (C=O) groups is 2. The second-order valence-corrected chi connectivity index (χ2v) is 7.06. The maximum Gasteiger partial charge on any atom is 0.307 e. The monoisotopic (exact) mass is 348 g/mol. The lowest BCUT2D eigenvalue weighted by atomic mass is 9.82. The van der Waals surface area contributed by atoms with Crippen LogP contribution in [0.3, 0.4) is 0 Å². The number of carboxylic acid groups (broad SMARTS) is 1. The molecule has 1 heterocycles. The van der Waals surface area contributed by atoms with Gasteiger partial charge in [0.2, 0.25) is 5.91 Å². The maximum atomic E-state index is 12.7. The van der Waals surface area contributed by atoms with Gasteiger partial charge in [-0.15, -0.1) is 0 Å². The molecule has 0 radical (unpaired) electrons. The first-order chi connectivity index (χ1) is 12.6. The number of hydrogen-bond donors (Lipinski definition) is 2. The summed E-state index contributed by atoms with van der Waals surface area (Å²) in [6, 6.07) is 11.6. The van der Waals surface area contributed by atoms with E-state index in [2.05, 4.69) is 10.3 Å². The number of nitrogens with one attached hydrogen (secondary N) is 1. The van der Waals surface area contributed by atoms with Gasteiger partial charge in [0.05, 0.1) is 11.8 Å². The maximum absolute atomic E-state index is 12.7. The summed E-state index contributed by atoms with van der Waals surface area (Å²) < 4.78 is 0. The second kappa shape index (κ2) is 6.75. The number of hydrogen-bond acceptors (Lipinski definition) is 3. The van der Waals surface area contributed by atoms with Crippen LogP contribution in [0.1, 0.15) is 17.5 Å². The minimum Gasteiger partial charge on any atom is -0.481 e. The first kappa shape index (κ1) is 16.5. The minimum absolute atomic E-state index is 0.0176. The highest BCUT2D eigenvalue weighted by Gasteiger charge is 2.51. The van der Waals surface area contributed by atoms with Crippen molar-refractivity contribution in [3.05, 3.63) is 72.1 Å². The van der Waals surface area contributed by atoms with Crippen LogP contribution in [0.15, 0.2) is 60.9 Å². The fourth-order valence-corrected chi connectivity index (χ4v) is 4.18. The van der Waals surface area contributed by atoms with Crippen molar-refractivity contribution in [2.45, 2.75) is 12.8 Å². The van der Waals surface area contributed by atoms with Crippen LogP contribution >= 0.6 is 0 Å². The average Bonchev–Trinajstić information content (AvgIpc) is 3.25. The number of pyridine rings is 1. The van der Waals surface area contributed by atoms with Crippen LogP contribution in [0.4, 0.5) is 5.69 Å². The van der Waals surface area contributed by atoms with Crippen molar-refractivity contribution in [3.8, 4) is 0 Å². The highest BCUT2D eigenvalue weighted by molar-refractivity contribution is 5.96. The van der Waals surface area contributed by atoms with Crippen LogP contribution < -0.4 is 5.32 Å². The van der Waals surface area contributed by atoms with Gasteiger partial charge in [0, 0.05) is 18.1 Å². The van der Waals surface area contributed by atoms with Gasteiger partial charge in [0.25, 0.3) is 0 Å². The molecule has 5 heteroatoms. The van der Waals surface area contributed by atoms with E-state index < -0.39 is 17.8 Å². The molecule has 2 N–H and O–H groups in total. The van der Waals surface area contributed by atoms with E-state index >= 15 is 0 Å². The van der Waals surface area contributed by atoms with Crippen molar-refractivity contribution in [2.24, 2.45) is 23.7 Å². The van der Waals surface area contributed by atoms with Crippen LogP contribution in [0, 0.1) is 23.7 Å². The van der Waals surface area contributed by atoms with E-state index in [-0.39, 0.29) is 17.7 Å². The van der Waals surface area contributed by atoms with Crippen molar-refractivity contribution in [1.82, 2.24) is 4.98 Å². The Kier molecular flexibility index (Phi) is 4.29. The Labute approximate surface area is 151 Å². The van der Waals surface area contributed by atoms with Crippen LogP contribution in [-0.4, -0.2) is 22.0 Å². The fourth-order valence-electron chi connectivity index (χ4n) is 4.18. The Hall–Kier alpha value is -2.95. The summed E-state index contributed by atoms with van der Waals surface area (Å²) >= 11 is 0. The molecule has 1 aromatic carbocycles. The molecule has 0 spiro atoms. The van der Waals surface area contributed by atoms with Crippen LogP contribution in [0.5, 0.6) is 0 Å². The van der Waals surface area contributed by atoms with Crippen molar-refractivity contribution in [2.75, 3.05) is 5.32 Å². The van der Waals surface area contributed by atoms with Gasteiger partial charge in [-0.25, -0.2) is 0 Å². The summed E-state index contributed by atoms with van der Waals surface area (Å²) in [6.45, 7) is 0. The van der Waals surface area contributed by atoms with Gasteiger partial charge >= 0.3 is 5.97 Å². The molecule has 4 rings (SSSR count). The van der Waals surface area contributed by atoms with Crippen molar-refractivity contribution in [1.29, 1.82) is 0 Å². The Bertz CT molecular complexity index is 845. The predicted octanol–water partition coefficient (Wildman–Crippen LogP) is 3.13. The number of allylic oxidation sites excluding steroid dienone is 2. The summed E-state index contributed by atoms with van der Waals surface area (Å²) in [7, 11) is 0. The summed E-state index contributed by atoms with van der Waals surface area (Å²) in [5, 5.41) is 12.4. The third-order valence-corrected chi connectivity index (χ3v) is 5.43. The van der Waals surface area contributed by atoms with Gasteiger partial charge < -0.3 is 10.4 Å². The van der Waals surface area contributed by atoms with E-state index in [1.54, 1.807) is 12.4 Å². The molecule has 0 saturated heterocycles. The summed E-state index contributed by atoms with van der Waals surface area (Å²) in [4.78, 5) is 28.3. The molecule has 2 bridgehead atoms. The zero-order chi connectivity index (χ0) is 18.1. The third-order valence-electron chi connectivity index (χ3n) is 5.43. The van der Waals surface area contributed by atoms with Crippen molar-refractivity contribution >= 4 is 17.6 Å².